The van der Waals surface area contributed by atoms with E-state index in [1.54, 1.807) is 12.1 Å². The van der Waals surface area contributed by atoms with Crippen molar-refractivity contribution in [2.24, 2.45) is 0 Å². The topological polar surface area (TPSA) is 35.9 Å². The molecule has 0 aromatic heterocycles. The van der Waals surface area contributed by atoms with Gasteiger partial charge in [-0.2, -0.15) is 0 Å². The van der Waals surface area contributed by atoms with Crippen LogP contribution in [0, 0.1) is 0 Å². The molecular formula is C21H26Cl2N2O2. The van der Waals surface area contributed by atoms with Crippen molar-refractivity contribution in [1.29, 1.82) is 0 Å². The molecule has 1 fully saturated rings. The zero-order valence-corrected chi connectivity index (χ0v) is 17.0. The number of piperidine rings is 1. The Balaban J connectivity index is 1.40. The molecule has 1 N–H and O–H groups in total. The highest BCUT2D eigenvalue weighted by molar-refractivity contribution is 6.30. The Morgan fingerprint density at radius 1 is 1.04 bits per heavy atom. The largest absolute Gasteiger partial charge is 0.491 e. The van der Waals surface area contributed by atoms with Gasteiger partial charge in [-0.25, -0.2) is 0 Å². The zero-order valence-electron chi connectivity index (χ0n) is 15.5. The molecule has 0 spiro atoms. The van der Waals surface area contributed by atoms with Crippen molar-refractivity contribution < 1.29 is 9.84 Å². The second-order valence-electron chi connectivity index (χ2n) is 7.04. The van der Waals surface area contributed by atoms with Gasteiger partial charge in [-0.05, 0) is 61.4 Å². The van der Waals surface area contributed by atoms with Crippen LogP contribution in [0.3, 0.4) is 0 Å². The first-order chi connectivity index (χ1) is 13.0. The van der Waals surface area contributed by atoms with Gasteiger partial charge in [-0.15, -0.1) is 0 Å². The lowest BCUT2D eigenvalue weighted by atomic mass is 10.0. The first kappa shape index (κ1) is 20.3. The van der Waals surface area contributed by atoms with Gasteiger partial charge in [0.05, 0.1) is 0 Å². The lowest BCUT2D eigenvalue weighted by Crippen LogP contribution is -2.46. The average molecular weight is 409 g/mol. The smallest absolute Gasteiger partial charge is 0.119 e. The fourth-order valence-corrected chi connectivity index (χ4v) is 3.70. The van der Waals surface area contributed by atoms with E-state index in [1.807, 2.05) is 24.3 Å². The molecule has 1 aliphatic rings. The molecule has 146 valence electrons. The number of hydrogen-bond acceptors (Lipinski definition) is 4. The predicted octanol–water partition coefficient (Wildman–Crippen LogP) is 4.33. The summed E-state index contributed by atoms with van der Waals surface area (Å²) in [4.78, 5) is 4.63. The van der Waals surface area contributed by atoms with Crippen molar-refractivity contribution in [3.05, 3.63) is 58.6 Å². The first-order valence-corrected chi connectivity index (χ1v) is 10.0. The van der Waals surface area contributed by atoms with Gasteiger partial charge >= 0.3 is 0 Å². The molecular weight excluding hydrogens is 383 g/mol. The van der Waals surface area contributed by atoms with Crippen LogP contribution in [0.25, 0.3) is 0 Å². The zero-order chi connectivity index (χ0) is 19.2. The van der Waals surface area contributed by atoms with E-state index in [0.29, 0.717) is 17.6 Å². The number of hydrogen-bond donors (Lipinski definition) is 1. The second kappa shape index (κ2) is 9.65. The Labute approximate surface area is 171 Å². The number of likely N-dealkylation sites (tertiary alicyclic amines) is 1. The number of anilines is 1. The molecule has 1 aliphatic heterocycles. The molecule has 3 rings (SSSR count). The molecule has 0 saturated carbocycles. The van der Waals surface area contributed by atoms with Crippen LogP contribution >= 0.6 is 23.2 Å². The van der Waals surface area contributed by atoms with Crippen molar-refractivity contribution in [3.63, 3.8) is 0 Å². The lowest BCUT2D eigenvalue weighted by molar-refractivity contribution is 0.0595. The maximum Gasteiger partial charge on any atom is 0.119 e. The SMILES string of the molecule is CN(c1ccc(Cl)cc1)C1CCN(C[C@H](O)COc2ccc(Cl)cc2)CC1. The molecule has 1 saturated heterocycles. The minimum atomic E-state index is -0.508. The summed E-state index contributed by atoms with van der Waals surface area (Å²) in [6.45, 7) is 2.86. The Hall–Kier alpha value is -1.46. The van der Waals surface area contributed by atoms with Crippen molar-refractivity contribution in [2.75, 3.05) is 38.2 Å². The van der Waals surface area contributed by atoms with Gasteiger partial charge in [0.1, 0.15) is 18.5 Å². The van der Waals surface area contributed by atoms with Gasteiger partial charge < -0.3 is 19.6 Å². The summed E-state index contributed by atoms with van der Waals surface area (Å²) in [5.74, 6) is 0.724. The van der Waals surface area contributed by atoms with Crippen molar-refractivity contribution in [1.82, 2.24) is 4.90 Å². The number of rotatable bonds is 7. The average Bonchev–Trinajstić information content (AvgIpc) is 2.68. The van der Waals surface area contributed by atoms with E-state index in [4.69, 9.17) is 27.9 Å². The van der Waals surface area contributed by atoms with E-state index in [9.17, 15) is 5.11 Å². The minimum absolute atomic E-state index is 0.284. The Morgan fingerprint density at radius 3 is 2.19 bits per heavy atom. The van der Waals surface area contributed by atoms with Crippen LogP contribution in [-0.4, -0.2) is 55.4 Å². The van der Waals surface area contributed by atoms with Crippen LogP contribution in [0.2, 0.25) is 10.0 Å². The molecule has 4 nitrogen and oxygen atoms in total. The lowest BCUT2D eigenvalue weighted by Gasteiger charge is -2.38. The highest BCUT2D eigenvalue weighted by Crippen LogP contribution is 2.24. The van der Waals surface area contributed by atoms with Crippen molar-refractivity contribution in [3.8, 4) is 5.75 Å². The third-order valence-corrected chi connectivity index (χ3v) is 5.57. The van der Waals surface area contributed by atoms with E-state index in [1.165, 1.54) is 5.69 Å². The monoisotopic (exact) mass is 408 g/mol. The molecule has 0 radical (unpaired) electrons. The fraction of sp³-hybridized carbons (Fsp3) is 0.429. The van der Waals surface area contributed by atoms with E-state index >= 15 is 0 Å². The van der Waals surface area contributed by atoms with Crippen LogP contribution in [0.4, 0.5) is 5.69 Å². The molecule has 0 amide bonds. The number of nitrogens with zero attached hydrogens (tertiary/aromatic N) is 2. The van der Waals surface area contributed by atoms with Crippen LogP contribution in [0.15, 0.2) is 48.5 Å². The normalized spacial score (nSPS) is 16.9. The summed E-state index contributed by atoms with van der Waals surface area (Å²) in [5, 5.41) is 11.7. The molecule has 0 aliphatic carbocycles. The first-order valence-electron chi connectivity index (χ1n) is 9.28. The summed E-state index contributed by atoms with van der Waals surface area (Å²) >= 11 is 11.8. The molecule has 6 heteroatoms. The Bertz CT molecular complexity index is 701. The Kier molecular flexibility index (Phi) is 7.25. The maximum atomic E-state index is 10.3. The van der Waals surface area contributed by atoms with Crippen molar-refractivity contribution >= 4 is 28.9 Å². The van der Waals surface area contributed by atoms with E-state index in [-0.39, 0.29) is 6.61 Å². The van der Waals surface area contributed by atoms with Gasteiger partial charge in [-0.1, -0.05) is 23.2 Å². The maximum absolute atomic E-state index is 10.3. The summed E-state index contributed by atoms with van der Waals surface area (Å²) in [6, 6.07) is 15.7. The van der Waals surface area contributed by atoms with Gasteiger partial charge in [0, 0.05) is 48.5 Å². The quantitative estimate of drug-likeness (QED) is 0.739. The molecule has 1 atom stereocenters. The summed E-state index contributed by atoms with van der Waals surface area (Å²) in [7, 11) is 2.14. The van der Waals surface area contributed by atoms with Crippen LogP contribution in [-0.2, 0) is 0 Å². The fourth-order valence-electron chi connectivity index (χ4n) is 3.45. The number of benzene rings is 2. The van der Waals surface area contributed by atoms with Gasteiger partial charge in [0.25, 0.3) is 0 Å². The van der Waals surface area contributed by atoms with Crippen LogP contribution in [0.1, 0.15) is 12.8 Å². The Morgan fingerprint density at radius 2 is 1.59 bits per heavy atom. The highest BCUT2D eigenvalue weighted by atomic mass is 35.5. The molecule has 0 unspecified atom stereocenters. The molecule has 1 heterocycles. The number of ether oxygens (including phenoxy) is 1. The van der Waals surface area contributed by atoms with E-state index < -0.39 is 6.10 Å². The van der Waals surface area contributed by atoms with Gasteiger partial charge in [-0.3, -0.25) is 0 Å². The van der Waals surface area contributed by atoms with Gasteiger partial charge in [0.2, 0.25) is 0 Å². The number of halogens is 2. The third-order valence-electron chi connectivity index (χ3n) is 5.06. The number of aliphatic hydroxyl groups is 1. The third kappa shape index (κ3) is 6.01. The van der Waals surface area contributed by atoms with Crippen LogP contribution in [0.5, 0.6) is 5.75 Å². The summed E-state index contributed by atoms with van der Waals surface area (Å²) < 4.78 is 5.64. The molecule has 0 bridgehead atoms. The predicted molar refractivity (Wildman–Crippen MR) is 112 cm³/mol. The van der Waals surface area contributed by atoms with E-state index in [0.717, 1.165) is 36.7 Å². The summed E-state index contributed by atoms with van der Waals surface area (Å²) in [5.41, 5.74) is 1.19. The highest BCUT2D eigenvalue weighted by Gasteiger charge is 2.24. The van der Waals surface area contributed by atoms with Crippen LogP contribution < -0.4 is 9.64 Å². The van der Waals surface area contributed by atoms with E-state index in [2.05, 4.69) is 29.0 Å². The molecule has 2 aromatic carbocycles. The number of aliphatic hydroxyl groups excluding tert-OH is 1. The standard InChI is InChI=1S/C21H26Cl2N2O2/c1-24(18-6-2-16(22)3-7-18)19-10-12-25(13-11-19)14-20(26)15-27-21-8-4-17(23)5-9-21/h2-9,19-20,26H,10-15H2,1H3/t20-/m0/s1. The summed E-state index contributed by atoms with van der Waals surface area (Å²) in [6.07, 6.45) is 1.64. The molecule has 27 heavy (non-hydrogen) atoms. The molecule has 2 aromatic rings. The van der Waals surface area contributed by atoms with Crippen molar-refractivity contribution in [2.45, 2.75) is 25.0 Å². The minimum Gasteiger partial charge on any atom is -0.491 e. The second-order valence-corrected chi connectivity index (χ2v) is 7.91. The van der Waals surface area contributed by atoms with Gasteiger partial charge in [0.15, 0.2) is 0 Å². The number of β-amino-alcohol motifs (C(OH)–C–C–N with tert-alkyl or cyclic N) is 1.